The van der Waals surface area contributed by atoms with Crippen LogP contribution in [0.25, 0.3) is 0 Å². The highest BCUT2D eigenvalue weighted by atomic mass is 79.9. The minimum atomic E-state index is -0.704. The normalized spacial score (nSPS) is 21.6. The lowest BCUT2D eigenvalue weighted by Gasteiger charge is -2.40. The van der Waals surface area contributed by atoms with Gasteiger partial charge >= 0.3 is 11.4 Å². The Hall–Kier alpha value is -2.92. The van der Waals surface area contributed by atoms with E-state index in [0.29, 0.717) is 31.2 Å². The number of Topliss-reactive ketones (excluding diaryl/α,β-unsaturated/α-hetero) is 1. The molecule has 0 bridgehead atoms. The molecule has 1 aliphatic heterocycles. The van der Waals surface area contributed by atoms with Crippen LogP contribution in [-0.4, -0.2) is 37.7 Å². The van der Waals surface area contributed by atoms with E-state index in [1.165, 1.54) is 29.6 Å². The van der Waals surface area contributed by atoms with Gasteiger partial charge in [-0.25, -0.2) is 23.5 Å². The number of phenolic OH excluding ortho intramolecular Hbond substituents is 1. The summed E-state index contributed by atoms with van der Waals surface area (Å²) in [5.41, 5.74) is 1.35. The van der Waals surface area contributed by atoms with E-state index in [1.807, 2.05) is 6.08 Å². The number of rotatable bonds is 2. The summed E-state index contributed by atoms with van der Waals surface area (Å²) in [6, 6.07) is 0.983. The van der Waals surface area contributed by atoms with Crippen LogP contribution in [0.1, 0.15) is 30.9 Å². The number of aromatic hydroxyl groups is 1. The molecule has 3 aliphatic rings. The van der Waals surface area contributed by atoms with E-state index in [-0.39, 0.29) is 36.0 Å². The number of fused-ring (bicyclic) bond motifs is 3. The number of ketones is 2. The molecule has 0 spiro atoms. The molecule has 176 valence electrons. The number of carbonyl (C=O) groups is 2. The highest BCUT2D eigenvalue weighted by Crippen LogP contribution is 2.54. The number of ether oxygens (including phenoxy) is 1. The number of aromatic nitrogens is 3. The Morgan fingerprint density at radius 2 is 1.82 bits per heavy atom. The van der Waals surface area contributed by atoms with Gasteiger partial charge in [0.2, 0.25) is 0 Å². The lowest BCUT2D eigenvalue weighted by atomic mass is 9.67. The molecule has 5 rings (SSSR count). The number of methoxy groups -OCH3 is 1. The Labute approximate surface area is 209 Å². The topological polar surface area (TPSA) is 113 Å². The monoisotopic (exact) mass is 591 g/mol. The molecule has 0 unspecified atom stereocenters. The summed E-state index contributed by atoms with van der Waals surface area (Å²) in [6.45, 7) is 1.75. The lowest BCUT2D eigenvalue weighted by molar-refractivity contribution is -0.116. The fourth-order valence-electron chi connectivity index (χ4n) is 5.08. The molecule has 2 atom stereocenters. The van der Waals surface area contributed by atoms with Crippen LogP contribution in [0.2, 0.25) is 0 Å². The molecular formula is C23H19Br2N3O6. The van der Waals surface area contributed by atoms with Crippen LogP contribution in [-0.2, 0) is 23.2 Å². The van der Waals surface area contributed by atoms with Crippen molar-refractivity contribution in [2.24, 2.45) is 7.05 Å². The molecule has 0 saturated carbocycles. The minimum Gasteiger partial charge on any atom is -0.503 e. The second-order valence-electron chi connectivity index (χ2n) is 8.47. The molecule has 9 nitrogen and oxygen atoms in total. The summed E-state index contributed by atoms with van der Waals surface area (Å²) in [6.07, 6.45) is 3.27. The zero-order chi connectivity index (χ0) is 24.6. The average Bonchev–Trinajstić information content (AvgIpc) is 3.04. The maximum atomic E-state index is 13.4. The molecule has 1 aromatic heterocycles. The van der Waals surface area contributed by atoms with Crippen molar-refractivity contribution in [1.29, 1.82) is 0 Å². The fraction of sp³-hybridized carbons (Fsp3) is 0.304. The van der Waals surface area contributed by atoms with Crippen molar-refractivity contribution in [3.8, 4) is 11.5 Å². The zero-order valence-corrected chi connectivity index (χ0v) is 21.6. The molecular weight excluding hydrogens is 574 g/mol. The van der Waals surface area contributed by atoms with Crippen LogP contribution in [0.3, 0.4) is 0 Å². The van der Waals surface area contributed by atoms with Gasteiger partial charge in [0.1, 0.15) is 0 Å². The Balaban J connectivity index is 1.84. The van der Waals surface area contributed by atoms with Crippen LogP contribution < -0.4 is 16.1 Å². The highest BCUT2D eigenvalue weighted by Gasteiger charge is 2.45. The summed E-state index contributed by atoms with van der Waals surface area (Å²) in [4.78, 5) is 52.1. The maximum Gasteiger partial charge on any atom is 0.347 e. The van der Waals surface area contributed by atoms with Crippen LogP contribution in [0, 0.1) is 0 Å². The Kier molecular flexibility index (Phi) is 5.25. The first kappa shape index (κ1) is 22.9. The van der Waals surface area contributed by atoms with Crippen molar-refractivity contribution in [3.05, 3.63) is 76.0 Å². The summed E-state index contributed by atoms with van der Waals surface area (Å²) in [7, 11) is 2.82. The molecule has 2 aromatic rings. The first-order chi connectivity index (χ1) is 16.1. The van der Waals surface area contributed by atoms with E-state index in [9.17, 15) is 24.3 Å². The van der Waals surface area contributed by atoms with Crippen molar-refractivity contribution in [1.82, 2.24) is 13.9 Å². The van der Waals surface area contributed by atoms with Crippen LogP contribution >= 0.6 is 31.9 Å². The van der Waals surface area contributed by atoms with Gasteiger partial charge < -0.3 is 9.84 Å². The summed E-state index contributed by atoms with van der Waals surface area (Å²) < 4.78 is 9.91. The third-order valence-electron chi connectivity index (χ3n) is 6.73. The molecule has 1 N–H and O–H groups in total. The van der Waals surface area contributed by atoms with Gasteiger partial charge in [-0.15, -0.1) is 0 Å². The van der Waals surface area contributed by atoms with Crippen molar-refractivity contribution >= 4 is 43.4 Å². The third kappa shape index (κ3) is 2.96. The smallest absolute Gasteiger partial charge is 0.347 e. The van der Waals surface area contributed by atoms with Crippen molar-refractivity contribution in [2.75, 3.05) is 7.11 Å². The van der Waals surface area contributed by atoms with E-state index in [4.69, 9.17) is 4.74 Å². The third-order valence-corrected chi connectivity index (χ3v) is 8.89. The van der Waals surface area contributed by atoms with E-state index in [0.717, 1.165) is 10.1 Å². The average molecular weight is 593 g/mol. The number of hydrogen-bond donors (Lipinski definition) is 1. The van der Waals surface area contributed by atoms with Gasteiger partial charge in [0, 0.05) is 40.6 Å². The SMILES string of the molecule is COc1cc([C@H]2C3=CCn4c(=O)n(C)c(=O)n4[C@@H]3CC3=C2C(=O)C(C)=CC3=O)c(Br)c(Br)c1O. The minimum absolute atomic E-state index is 0.114. The Morgan fingerprint density at radius 3 is 2.50 bits per heavy atom. The second-order valence-corrected chi connectivity index (χ2v) is 10.1. The zero-order valence-electron chi connectivity index (χ0n) is 18.4. The molecule has 0 saturated heterocycles. The van der Waals surface area contributed by atoms with Crippen molar-refractivity contribution in [3.63, 3.8) is 0 Å². The van der Waals surface area contributed by atoms with E-state index in [1.54, 1.807) is 13.0 Å². The standard InChI is InChI=1S/C23H19Br2N3O6/c1-9-6-14(29)11-7-13-10(4-5-27-22(32)26(2)23(33)28(13)27)16(17(11)20(9)30)12-8-15(34-3)21(31)19(25)18(12)24/h4,6,8,13,16,31H,5,7H2,1-3H3/t13-,16-/m1/s1. The molecule has 0 amide bonds. The second kappa shape index (κ2) is 7.81. The molecule has 2 heterocycles. The predicted molar refractivity (Wildman–Crippen MR) is 129 cm³/mol. The van der Waals surface area contributed by atoms with E-state index < -0.39 is 23.3 Å². The summed E-state index contributed by atoms with van der Waals surface area (Å²) in [5, 5.41) is 10.5. The number of hydrogen-bond acceptors (Lipinski definition) is 6. The van der Waals surface area contributed by atoms with Crippen molar-refractivity contribution < 1.29 is 19.4 Å². The molecule has 11 heteroatoms. The molecule has 0 fully saturated rings. The molecule has 1 aromatic carbocycles. The molecule has 2 aliphatic carbocycles. The largest absolute Gasteiger partial charge is 0.503 e. The van der Waals surface area contributed by atoms with Gasteiger partial charge in [0.25, 0.3) is 0 Å². The van der Waals surface area contributed by atoms with Crippen molar-refractivity contribution in [2.45, 2.75) is 31.8 Å². The van der Waals surface area contributed by atoms with Crippen LogP contribution in [0.5, 0.6) is 11.5 Å². The number of carbonyl (C=O) groups excluding carboxylic acids is 2. The van der Waals surface area contributed by atoms with Gasteiger partial charge in [0.15, 0.2) is 23.1 Å². The molecule has 34 heavy (non-hydrogen) atoms. The molecule has 0 radical (unpaired) electrons. The first-order valence-corrected chi connectivity index (χ1v) is 12.0. The number of allylic oxidation sites excluding steroid dienone is 6. The summed E-state index contributed by atoms with van der Waals surface area (Å²) >= 11 is 6.90. The number of phenols is 1. The number of halogens is 2. The van der Waals surface area contributed by atoms with Gasteiger partial charge in [-0.2, -0.15) is 0 Å². The lowest BCUT2D eigenvalue weighted by Crippen LogP contribution is -2.40. The quantitative estimate of drug-likeness (QED) is 0.424. The number of benzene rings is 1. The van der Waals surface area contributed by atoms with Gasteiger partial charge in [-0.3, -0.25) is 9.59 Å². The summed E-state index contributed by atoms with van der Waals surface area (Å²) in [5.74, 6) is -1.18. The Bertz CT molecular complexity index is 1530. The predicted octanol–water partition coefficient (Wildman–Crippen LogP) is 2.65. The van der Waals surface area contributed by atoms with E-state index in [2.05, 4.69) is 31.9 Å². The van der Waals surface area contributed by atoms with E-state index >= 15 is 0 Å². The van der Waals surface area contributed by atoms with Gasteiger partial charge in [0.05, 0.1) is 24.2 Å². The highest BCUT2D eigenvalue weighted by molar-refractivity contribution is 9.13. The van der Waals surface area contributed by atoms with Crippen LogP contribution in [0.15, 0.2) is 59.0 Å². The first-order valence-electron chi connectivity index (χ1n) is 10.4. The van der Waals surface area contributed by atoms with Crippen LogP contribution in [0.4, 0.5) is 0 Å². The fourth-order valence-corrected chi connectivity index (χ4v) is 6.03. The van der Waals surface area contributed by atoms with Gasteiger partial charge in [-0.1, -0.05) is 6.08 Å². The number of nitrogens with zero attached hydrogens (tertiary/aromatic N) is 3. The Morgan fingerprint density at radius 1 is 1.12 bits per heavy atom. The van der Waals surface area contributed by atoms with Gasteiger partial charge in [-0.05, 0) is 62.1 Å². The maximum absolute atomic E-state index is 13.4.